The minimum absolute atomic E-state index is 0.0813. The van der Waals surface area contributed by atoms with Gasteiger partial charge in [-0.3, -0.25) is 4.79 Å². The zero-order valence-electron chi connectivity index (χ0n) is 14.2. The van der Waals surface area contributed by atoms with Crippen LogP contribution in [0.15, 0.2) is 47.0 Å². The van der Waals surface area contributed by atoms with Gasteiger partial charge in [0.2, 0.25) is 0 Å². The van der Waals surface area contributed by atoms with E-state index in [9.17, 15) is 9.18 Å². The molecule has 0 bridgehead atoms. The molecule has 0 saturated carbocycles. The number of halogens is 2. The second-order valence-corrected chi connectivity index (χ2v) is 6.11. The number of nitrogens with one attached hydrogen (secondary N) is 1. The normalized spacial score (nSPS) is 10.6. The van der Waals surface area contributed by atoms with Crippen molar-refractivity contribution in [1.82, 2.24) is 5.16 Å². The topological polar surface area (TPSA) is 64.4 Å². The fourth-order valence-electron chi connectivity index (χ4n) is 2.37. The number of carbonyl (C=O) groups excluding carboxylic acids is 1. The lowest BCUT2D eigenvalue weighted by Crippen LogP contribution is -2.15. The van der Waals surface area contributed by atoms with Gasteiger partial charge in [0, 0.05) is 5.69 Å². The number of hydrogen-bond donors (Lipinski definition) is 1. The molecule has 1 heterocycles. The molecule has 0 radical (unpaired) electrons. The summed E-state index contributed by atoms with van der Waals surface area (Å²) < 4.78 is 24.2. The van der Waals surface area contributed by atoms with Crippen molar-refractivity contribution in [2.75, 3.05) is 5.32 Å². The molecule has 5 nitrogen and oxygen atoms in total. The van der Waals surface area contributed by atoms with Crippen molar-refractivity contribution in [1.29, 1.82) is 0 Å². The molecule has 0 saturated heterocycles. The molecule has 0 unspecified atom stereocenters. The number of hydrogen-bond acceptors (Lipinski definition) is 4. The molecule has 0 aliphatic carbocycles. The van der Waals surface area contributed by atoms with Crippen LogP contribution in [0.1, 0.15) is 27.4 Å². The number of ether oxygens (including phenoxy) is 1. The molecule has 134 valence electrons. The molecule has 26 heavy (non-hydrogen) atoms. The minimum atomic E-state index is -0.561. The summed E-state index contributed by atoms with van der Waals surface area (Å²) in [6, 6.07) is 11.5. The molecular formula is C19H16ClFN2O3. The van der Waals surface area contributed by atoms with Crippen LogP contribution in [0.3, 0.4) is 0 Å². The quantitative estimate of drug-likeness (QED) is 0.688. The van der Waals surface area contributed by atoms with E-state index in [2.05, 4.69) is 10.5 Å². The van der Waals surface area contributed by atoms with Crippen molar-refractivity contribution >= 4 is 23.2 Å². The Balaban J connectivity index is 1.77. The number of benzene rings is 2. The highest BCUT2D eigenvalue weighted by atomic mass is 35.5. The summed E-state index contributed by atoms with van der Waals surface area (Å²) in [5.74, 6) is 0.146. The summed E-state index contributed by atoms with van der Waals surface area (Å²) in [4.78, 5) is 12.5. The standard InChI is InChI=1S/C19H16ClFN2O3/c1-11-5-3-4-6-17(11)25-10-14-12(2)26-23-18(14)19(24)22-13-7-8-16(21)15(20)9-13/h3-9H,10H2,1-2H3,(H,22,24). The molecule has 1 amide bonds. The smallest absolute Gasteiger partial charge is 0.278 e. The summed E-state index contributed by atoms with van der Waals surface area (Å²) >= 11 is 5.73. The summed E-state index contributed by atoms with van der Waals surface area (Å²) in [6.45, 7) is 3.77. The lowest BCUT2D eigenvalue weighted by atomic mass is 10.2. The fourth-order valence-corrected chi connectivity index (χ4v) is 2.55. The van der Waals surface area contributed by atoms with E-state index < -0.39 is 11.7 Å². The number of anilines is 1. The lowest BCUT2D eigenvalue weighted by Gasteiger charge is -2.09. The van der Waals surface area contributed by atoms with E-state index in [0.29, 0.717) is 22.8 Å². The van der Waals surface area contributed by atoms with E-state index in [-0.39, 0.29) is 17.3 Å². The van der Waals surface area contributed by atoms with E-state index in [1.54, 1.807) is 6.92 Å². The van der Waals surface area contributed by atoms with Crippen LogP contribution in [0.2, 0.25) is 5.02 Å². The summed E-state index contributed by atoms with van der Waals surface area (Å²) in [6.07, 6.45) is 0. The van der Waals surface area contributed by atoms with Crippen LogP contribution in [-0.2, 0) is 6.61 Å². The molecule has 0 spiro atoms. The monoisotopic (exact) mass is 374 g/mol. The zero-order valence-corrected chi connectivity index (χ0v) is 14.9. The van der Waals surface area contributed by atoms with Gasteiger partial charge in [0.15, 0.2) is 5.69 Å². The van der Waals surface area contributed by atoms with Crippen molar-refractivity contribution in [3.63, 3.8) is 0 Å². The maximum absolute atomic E-state index is 13.2. The van der Waals surface area contributed by atoms with Crippen molar-refractivity contribution in [3.05, 3.63) is 75.9 Å². The van der Waals surface area contributed by atoms with Gasteiger partial charge in [-0.05, 0) is 43.7 Å². The van der Waals surface area contributed by atoms with Crippen LogP contribution in [-0.4, -0.2) is 11.1 Å². The van der Waals surface area contributed by atoms with Crippen LogP contribution in [0.4, 0.5) is 10.1 Å². The molecule has 3 rings (SSSR count). The number of amides is 1. The zero-order chi connectivity index (χ0) is 18.7. The maximum atomic E-state index is 13.2. The first kappa shape index (κ1) is 17.9. The van der Waals surface area contributed by atoms with Gasteiger partial charge in [-0.25, -0.2) is 4.39 Å². The number of aromatic nitrogens is 1. The Morgan fingerprint density at radius 2 is 2.04 bits per heavy atom. The molecule has 0 fully saturated rings. The van der Waals surface area contributed by atoms with Gasteiger partial charge in [-0.15, -0.1) is 0 Å². The summed E-state index contributed by atoms with van der Waals surface area (Å²) in [7, 11) is 0. The molecule has 7 heteroatoms. The Kier molecular flexibility index (Phi) is 5.23. The first-order chi connectivity index (χ1) is 12.5. The Labute approximate surface area is 154 Å². The van der Waals surface area contributed by atoms with E-state index in [4.69, 9.17) is 20.9 Å². The molecule has 0 aliphatic rings. The number of carbonyl (C=O) groups is 1. The third kappa shape index (κ3) is 3.86. The van der Waals surface area contributed by atoms with E-state index in [1.807, 2.05) is 31.2 Å². The van der Waals surface area contributed by atoms with Gasteiger partial charge in [0.25, 0.3) is 5.91 Å². The molecule has 1 aromatic heterocycles. The molecule has 3 aromatic rings. The molecule has 1 N–H and O–H groups in total. The first-order valence-electron chi connectivity index (χ1n) is 7.85. The molecule has 0 atom stereocenters. The third-order valence-electron chi connectivity index (χ3n) is 3.84. The van der Waals surface area contributed by atoms with Crippen molar-refractivity contribution in [2.45, 2.75) is 20.5 Å². The lowest BCUT2D eigenvalue weighted by molar-refractivity contribution is 0.101. The van der Waals surface area contributed by atoms with E-state index in [0.717, 1.165) is 5.56 Å². The Morgan fingerprint density at radius 1 is 1.27 bits per heavy atom. The van der Waals surface area contributed by atoms with Gasteiger partial charge >= 0.3 is 0 Å². The van der Waals surface area contributed by atoms with Gasteiger partial charge in [0.05, 0.1) is 10.6 Å². The fraction of sp³-hybridized carbons (Fsp3) is 0.158. The first-order valence-corrected chi connectivity index (χ1v) is 8.23. The van der Waals surface area contributed by atoms with E-state index >= 15 is 0 Å². The predicted octanol–water partition coefficient (Wildman–Crippen LogP) is 4.92. The van der Waals surface area contributed by atoms with Crippen molar-refractivity contribution in [3.8, 4) is 5.75 Å². The predicted molar refractivity (Wildman–Crippen MR) is 96.1 cm³/mol. The Hall–Kier alpha value is -2.86. The Bertz CT molecular complexity index is 956. The average Bonchev–Trinajstić information content (AvgIpc) is 2.98. The second kappa shape index (κ2) is 7.58. The number of aryl methyl sites for hydroxylation is 2. The largest absolute Gasteiger partial charge is 0.488 e. The molecular weight excluding hydrogens is 359 g/mol. The van der Waals surface area contributed by atoms with Crippen LogP contribution in [0.5, 0.6) is 5.75 Å². The summed E-state index contributed by atoms with van der Waals surface area (Å²) in [5.41, 5.74) is 1.98. The highest BCUT2D eigenvalue weighted by molar-refractivity contribution is 6.31. The Morgan fingerprint density at radius 3 is 2.77 bits per heavy atom. The summed E-state index contributed by atoms with van der Waals surface area (Å²) in [5, 5.41) is 6.35. The van der Waals surface area contributed by atoms with Gasteiger partial charge in [-0.2, -0.15) is 0 Å². The molecule has 0 aliphatic heterocycles. The van der Waals surface area contributed by atoms with Gasteiger partial charge in [-0.1, -0.05) is 35.0 Å². The van der Waals surface area contributed by atoms with Crippen molar-refractivity contribution < 1.29 is 18.4 Å². The number of rotatable bonds is 5. The molecule has 2 aromatic carbocycles. The van der Waals surface area contributed by atoms with Crippen LogP contribution in [0.25, 0.3) is 0 Å². The average molecular weight is 375 g/mol. The second-order valence-electron chi connectivity index (χ2n) is 5.70. The van der Waals surface area contributed by atoms with Crippen LogP contribution in [0, 0.1) is 19.7 Å². The van der Waals surface area contributed by atoms with Crippen LogP contribution < -0.4 is 10.1 Å². The van der Waals surface area contributed by atoms with Gasteiger partial charge in [0.1, 0.15) is 23.9 Å². The number of para-hydroxylation sites is 1. The maximum Gasteiger partial charge on any atom is 0.278 e. The SMILES string of the molecule is Cc1ccccc1OCc1c(C(=O)Nc2ccc(F)c(Cl)c2)noc1C. The third-order valence-corrected chi connectivity index (χ3v) is 4.13. The number of nitrogens with zero attached hydrogens (tertiary/aromatic N) is 1. The van der Waals surface area contributed by atoms with Gasteiger partial charge < -0.3 is 14.6 Å². The highest BCUT2D eigenvalue weighted by Gasteiger charge is 2.21. The van der Waals surface area contributed by atoms with Crippen molar-refractivity contribution in [2.24, 2.45) is 0 Å². The van der Waals surface area contributed by atoms with Crippen LogP contribution >= 0.6 is 11.6 Å². The highest BCUT2D eigenvalue weighted by Crippen LogP contribution is 2.23. The van der Waals surface area contributed by atoms with E-state index in [1.165, 1.54) is 18.2 Å². The minimum Gasteiger partial charge on any atom is -0.488 e.